The van der Waals surface area contributed by atoms with Gasteiger partial charge in [0, 0.05) is 24.0 Å². The number of nitrogens with one attached hydrogen (secondary N) is 2. The van der Waals surface area contributed by atoms with E-state index in [0.29, 0.717) is 22.5 Å². The van der Waals surface area contributed by atoms with E-state index in [9.17, 15) is 4.79 Å². The van der Waals surface area contributed by atoms with Gasteiger partial charge in [-0.15, -0.1) is 11.3 Å². The highest BCUT2D eigenvalue weighted by molar-refractivity contribution is 7.15. The molecule has 0 atom stereocenters. The van der Waals surface area contributed by atoms with Crippen molar-refractivity contribution >= 4 is 22.4 Å². The fraction of sp³-hybridized carbons (Fsp3) is 0.562. The molecule has 0 radical (unpaired) electrons. The standard InChI is InChI=1S/C16H21N5OS/c1-21-14(11-2-3-11)12(8-19-21)15(22)20-16-18-9-13(23-16)10-4-6-17-7-5-10/h8-11,17H,2-7H2,1H3,(H,18,20,22). The predicted molar refractivity (Wildman–Crippen MR) is 90.1 cm³/mol. The van der Waals surface area contributed by atoms with Crippen LogP contribution in [0.4, 0.5) is 5.13 Å². The Morgan fingerprint density at radius 2 is 2.04 bits per heavy atom. The molecule has 1 saturated carbocycles. The van der Waals surface area contributed by atoms with Crippen molar-refractivity contribution in [3.05, 3.63) is 28.5 Å². The van der Waals surface area contributed by atoms with Crippen LogP contribution in [0.1, 0.15) is 58.4 Å². The molecule has 0 bridgehead atoms. The quantitative estimate of drug-likeness (QED) is 0.903. The molecule has 0 unspecified atom stereocenters. The zero-order valence-electron chi connectivity index (χ0n) is 13.2. The average molecular weight is 331 g/mol. The molecule has 2 aliphatic rings. The van der Waals surface area contributed by atoms with Gasteiger partial charge in [-0.2, -0.15) is 5.10 Å². The highest BCUT2D eigenvalue weighted by Gasteiger charge is 2.31. The van der Waals surface area contributed by atoms with Crippen LogP contribution in [0.15, 0.2) is 12.4 Å². The summed E-state index contributed by atoms with van der Waals surface area (Å²) in [6.07, 6.45) is 8.17. The number of rotatable bonds is 4. The monoisotopic (exact) mass is 331 g/mol. The summed E-state index contributed by atoms with van der Waals surface area (Å²) < 4.78 is 1.83. The Kier molecular flexibility index (Phi) is 3.90. The second kappa shape index (κ2) is 6.05. The Hall–Kier alpha value is -1.73. The minimum absolute atomic E-state index is 0.0915. The van der Waals surface area contributed by atoms with E-state index in [4.69, 9.17) is 0 Å². The number of amides is 1. The van der Waals surface area contributed by atoms with Gasteiger partial charge in [0.2, 0.25) is 0 Å². The maximum Gasteiger partial charge on any atom is 0.260 e. The fourth-order valence-corrected chi connectivity index (χ4v) is 4.25. The number of aromatic nitrogens is 3. The van der Waals surface area contributed by atoms with E-state index in [-0.39, 0.29) is 5.91 Å². The van der Waals surface area contributed by atoms with Crippen LogP contribution in [0.25, 0.3) is 0 Å². The second-order valence-electron chi connectivity index (χ2n) is 6.39. The molecule has 0 spiro atoms. The Balaban J connectivity index is 1.48. The van der Waals surface area contributed by atoms with Gasteiger partial charge in [0.25, 0.3) is 5.91 Å². The first-order valence-electron chi connectivity index (χ1n) is 8.22. The molecule has 23 heavy (non-hydrogen) atoms. The van der Waals surface area contributed by atoms with E-state index in [1.165, 1.54) is 4.88 Å². The van der Waals surface area contributed by atoms with Crippen LogP contribution in [0, 0.1) is 0 Å². The molecule has 1 amide bonds. The molecule has 6 nitrogen and oxygen atoms in total. The number of piperidine rings is 1. The van der Waals surface area contributed by atoms with Crippen LogP contribution in [-0.4, -0.2) is 33.8 Å². The van der Waals surface area contributed by atoms with Crippen molar-refractivity contribution in [2.45, 2.75) is 37.5 Å². The van der Waals surface area contributed by atoms with Crippen molar-refractivity contribution in [2.75, 3.05) is 18.4 Å². The van der Waals surface area contributed by atoms with E-state index in [1.54, 1.807) is 17.5 Å². The summed E-state index contributed by atoms with van der Waals surface area (Å²) in [6, 6.07) is 0. The molecule has 122 valence electrons. The third-order valence-corrected chi connectivity index (χ3v) is 5.75. The second-order valence-corrected chi connectivity index (χ2v) is 7.45. The van der Waals surface area contributed by atoms with Crippen LogP contribution in [0.3, 0.4) is 0 Å². The molecule has 2 aromatic heterocycles. The maximum atomic E-state index is 12.6. The number of hydrogen-bond donors (Lipinski definition) is 2. The van der Waals surface area contributed by atoms with Gasteiger partial charge in [0.1, 0.15) is 0 Å². The van der Waals surface area contributed by atoms with E-state index in [1.807, 2.05) is 17.9 Å². The van der Waals surface area contributed by atoms with Crippen LogP contribution >= 0.6 is 11.3 Å². The molecular weight excluding hydrogens is 310 g/mol. The molecule has 2 fully saturated rings. The zero-order chi connectivity index (χ0) is 15.8. The number of hydrogen-bond acceptors (Lipinski definition) is 5. The number of anilines is 1. The van der Waals surface area contributed by atoms with Crippen molar-refractivity contribution in [1.82, 2.24) is 20.1 Å². The molecule has 0 aromatic carbocycles. The SMILES string of the molecule is Cn1ncc(C(=O)Nc2ncc(C3CCNCC3)s2)c1C1CC1. The summed E-state index contributed by atoms with van der Waals surface area (Å²) >= 11 is 1.60. The summed E-state index contributed by atoms with van der Waals surface area (Å²) in [5.41, 5.74) is 1.74. The van der Waals surface area contributed by atoms with Crippen molar-refractivity contribution < 1.29 is 4.79 Å². The van der Waals surface area contributed by atoms with Crippen molar-refractivity contribution in [2.24, 2.45) is 7.05 Å². The number of carbonyl (C=O) groups is 1. The Bertz CT molecular complexity index is 712. The summed E-state index contributed by atoms with van der Waals surface area (Å²) in [5, 5.41) is 11.3. The fourth-order valence-electron chi connectivity index (χ4n) is 3.27. The molecule has 2 N–H and O–H groups in total. The largest absolute Gasteiger partial charge is 0.317 e. The van der Waals surface area contributed by atoms with Gasteiger partial charge in [0.05, 0.1) is 17.5 Å². The number of nitrogens with zero attached hydrogens (tertiary/aromatic N) is 3. The molecule has 1 saturated heterocycles. The van der Waals surface area contributed by atoms with Crippen molar-refractivity contribution in [3.63, 3.8) is 0 Å². The topological polar surface area (TPSA) is 71.8 Å². The van der Waals surface area contributed by atoms with Crippen LogP contribution < -0.4 is 10.6 Å². The van der Waals surface area contributed by atoms with Crippen molar-refractivity contribution in [3.8, 4) is 0 Å². The first kappa shape index (κ1) is 14.8. The first-order valence-corrected chi connectivity index (χ1v) is 9.03. The molecule has 3 heterocycles. The Labute approximate surface area is 139 Å². The van der Waals surface area contributed by atoms with Crippen LogP contribution in [-0.2, 0) is 7.05 Å². The Morgan fingerprint density at radius 1 is 1.26 bits per heavy atom. The van der Waals surface area contributed by atoms with Gasteiger partial charge in [-0.25, -0.2) is 4.98 Å². The van der Waals surface area contributed by atoms with E-state index < -0.39 is 0 Å². The normalized spacial score (nSPS) is 19.0. The smallest absolute Gasteiger partial charge is 0.260 e. The molecule has 2 aromatic rings. The van der Waals surface area contributed by atoms with Gasteiger partial charge < -0.3 is 5.32 Å². The van der Waals surface area contributed by atoms with E-state index in [2.05, 4.69) is 20.7 Å². The van der Waals surface area contributed by atoms with Gasteiger partial charge >= 0.3 is 0 Å². The minimum Gasteiger partial charge on any atom is -0.317 e. The average Bonchev–Trinajstić information content (AvgIpc) is 3.16. The lowest BCUT2D eigenvalue weighted by molar-refractivity contribution is 0.102. The third kappa shape index (κ3) is 3.03. The van der Waals surface area contributed by atoms with Crippen LogP contribution in [0.5, 0.6) is 0 Å². The molecule has 7 heteroatoms. The van der Waals surface area contributed by atoms with Crippen LogP contribution in [0.2, 0.25) is 0 Å². The molecule has 1 aliphatic carbocycles. The highest BCUT2D eigenvalue weighted by Crippen LogP contribution is 2.41. The number of aryl methyl sites for hydroxylation is 1. The first-order chi connectivity index (χ1) is 11.2. The maximum absolute atomic E-state index is 12.6. The summed E-state index contributed by atoms with van der Waals surface area (Å²) in [4.78, 5) is 18.2. The highest BCUT2D eigenvalue weighted by atomic mass is 32.1. The molecule has 1 aliphatic heterocycles. The van der Waals surface area contributed by atoms with Gasteiger partial charge in [-0.3, -0.25) is 14.8 Å². The molecule has 4 rings (SSSR count). The van der Waals surface area contributed by atoms with E-state index >= 15 is 0 Å². The molecular formula is C16H21N5OS. The van der Waals surface area contributed by atoms with E-state index in [0.717, 1.165) is 44.5 Å². The van der Waals surface area contributed by atoms with Gasteiger partial charge in [-0.05, 0) is 44.7 Å². The predicted octanol–water partition coefficient (Wildman–Crippen LogP) is 2.47. The minimum atomic E-state index is -0.0915. The summed E-state index contributed by atoms with van der Waals surface area (Å²) in [6.45, 7) is 2.12. The lowest BCUT2D eigenvalue weighted by atomic mass is 9.97. The Morgan fingerprint density at radius 3 is 2.78 bits per heavy atom. The van der Waals surface area contributed by atoms with Gasteiger partial charge in [-0.1, -0.05) is 0 Å². The van der Waals surface area contributed by atoms with Crippen molar-refractivity contribution in [1.29, 1.82) is 0 Å². The summed E-state index contributed by atoms with van der Waals surface area (Å²) in [7, 11) is 1.91. The summed E-state index contributed by atoms with van der Waals surface area (Å²) in [5.74, 6) is 0.968. The lowest BCUT2D eigenvalue weighted by Gasteiger charge is -2.20. The number of carbonyl (C=O) groups excluding carboxylic acids is 1. The zero-order valence-corrected chi connectivity index (χ0v) is 14.0. The van der Waals surface area contributed by atoms with Gasteiger partial charge in [0.15, 0.2) is 5.13 Å². The third-order valence-electron chi connectivity index (χ3n) is 4.68. The lowest BCUT2D eigenvalue weighted by Crippen LogP contribution is -2.26. The number of thiazole rings is 1.